The molecule has 18 heavy (non-hydrogen) atoms. The maximum absolute atomic E-state index is 11.7. The Labute approximate surface area is 111 Å². The Hall–Kier alpha value is -1.72. The number of aromatic amines is 1. The number of nitrogens with zero attached hydrogens (tertiary/aromatic N) is 1. The fourth-order valence-corrected chi connectivity index (χ4v) is 1.77. The van der Waals surface area contributed by atoms with E-state index in [1.807, 2.05) is 0 Å². The van der Waals surface area contributed by atoms with Crippen LogP contribution in [0.5, 0.6) is 5.88 Å². The quantitative estimate of drug-likeness (QED) is 0.840. The lowest BCUT2D eigenvalue weighted by Gasteiger charge is -2.10. The van der Waals surface area contributed by atoms with Crippen molar-refractivity contribution in [1.82, 2.24) is 9.55 Å². The second-order valence-corrected chi connectivity index (χ2v) is 4.46. The first-order chi connectivity index (χ1) is 8.41. The lowest BCUT2D eigenvalue weighted by Crippen LogP contribution is -2.30. The number of hydrogen-bond donors (Lipinski definition) is 2. The van der Waals surface area contributed by atoms with E-state index in [9.17, 15) is 14.7 Å². The van der Waals surface area contributed by atoms with Crippen molar-refractivity contribution in [3.05, 3.63) is 54.6 Å². The van der Waals surface area contributed by atoms with Gasteiger partial charge in [0.15, 0.2) is 0 Å². The fourth-order valence-electron chi connectivity index (χ4n) is 1.48. The first-order valence-electron chi connectivity index (χ1n) is 4.92. The van der Waals surface area contributed by atoms with Crippen LogP contribution in [-0.2, 0) is 0 Å². The van der Waals surface area contributed by atoms with Crippen LogP contribution in [0.2, 0.25) is 10.0 Å². The minimum atomic E-state index is -0.749. The molecular weight excluding hydrogens is 279 g/mol. The summed E-state index contributed by atoms with van der Waals surface area (Å²) in [5.41, 5.74) is -1.03. The SMILES string of the molecule is Cc1c(O)n(-c2ccc(Cl)c(Cl)c2)c(=O)[nH]c1=O. The molecule has 0 atom stereocenters. The van der Waals surface area contributed by atoms with Gasteiger partial charge in [-0.15, -0.1) is 0 Å². The van der Waals surface area contributed by atoms with Gasteiger partial charge in [-0.1, -0.05) is 23.2 Å². The molecule has 0 aliphatic carbocycles. The van der Waals surface area contributed by atoms with E-state index in [1.54, 1.807) is 0 Å². The molecule has 0 spiro atoms. The Morgan fingerprint density at radius 2 is 1.89 bits per heavy atom. The summed E-state index contributed by atoms with van der Waals surface area (Å²) < 4.78 is 0.943. The molecule has 0 amide bonds. The first kappa shape index (κ1) is 12.7. The maximum Gasteiger partial charge on any atom is 0.335 e. The van der Waals surface area contributed by atoms with Crippen LogP contribution in [0, 0.1) is 6.92 Å². The molecule has 1 aromatic carbocycles. The second kappa shape index (κ2) is 4.51. The van der Waals surface area contributed by atoms with E-state index in [4.69, 9.17) is 23.2 Å². The topological polar surface area (TPSA) is 75.1 Å². The molecule has 1 aromatic heterocycles. The molecule has 1 heterocycles. The van der Waals surface area contributed by atoms with Gasteiger partial charge in [0.25, 0.3) is 5.56 Å². The van der Waals surface area contributed by atoms with Crippen molar-refractivity contribution in [2.45, 2.75) is 6.92 Å². The Bertz CT molecular complexity index is 734. The molecule has 5 nitrogen and oxygen atoms in total. The third kappa shape index (κ3) is 2.02. The van der Waals surface area contributed by atoms with Crippen LogP contribution in [0.3, 0.4) is 0 Å². The zero-order valence-corrected chi connectivity index (χ0v) is 10.7. The highest BCUT2D eigenvalue weighted by Gasteiger charge is 2.12. The summed E-state index contributed by atoms with van der Waals surface area (Å²) >= 11 is 11.6. The van der Waals surface area contributed by atoms with Gasteiger partial charge in [-0.05, 0) is 25.1 Å². The number of rotatable bonds is 1. The average Bonchev–Trinajstić information content (AvgIpc) is 2.31. The number of benzene rings is 1. The molecule has 0 saturated heterocycles. The molecule has 2 N–H and O–H groups in total. The number of hydrogen-bond acceptors (Lipinski definition) is 3. The van der Waals surface area contributed by atoms with Crippen LogP contribution in [0.4, 0.5) is 0 Å². The molecule has 0 saturated carbocycles. The van der Waals surface area contributed by atoms with Crippen LogP contribution >= 0.6 is 23.2 Å². The van der Waals surface area contributed by atoms with Crippen LogP contribution in [0.25, 0.3) is 5.69 Å². The third-order valence-corrected chi connectivity index (χ3v) is 3.21. The number of H-pyrrole nitrogens is 1. The maximum atomic E-state index is 11.7. The minimum Gasteiger partial charge on any atom is -0.494 e. The monoisotopic (exact) mass is 286 g/mol. The molecule has 0 fully saturated rings. The highest BCUT2D eigenvalue weighted by atomic mass is 35.5. The summed E-state index contributed by atoms with van der Waals surface area (Å²) in [5, 5.41) is 10.4. The first-order valence-corrected chi connectivity index (χ1v) is 5.67. The zero-order chi connectivity index (χ0) is 13.4. The highest BCUT2D eigenvalue weighted by molar-refractivity contribution is 6.42. The molecule has 0 aliphatic heterocycles. The normalized spacial score (nSPS) is 10.6. The lowest BCUT2D eigenvalue weighted by molar-refractivity contribution is 0.426. The van der Waals surface area contributed by atoms with Crippen molar-refractivity contribution in [2.24, 2.45) is 0 Å². The summed E-state index contributed by atoms with van der Waals surface area (Å²) in [6.45, 7) is 1.40. The Morgan fingerprint density at radius 3 is 2.50 bits per heavy atom. The third-order valence-electron chi connectivity index (χ3n) is 2.47. The van der Waals surface area contributed by atoms with Crippen molar-refractivity contribution in [2.75, 3.05) is 0 Å². The van der Waals surface area contributed by atoms with Crippen molar-refractivity contribution in [1.29, 1.82) is 0 Å². The molecule has 0 unspecified atom stereocenters. The number of halogens is 2. The van der Waals surface area contributed by atoms with E-state index in [0.717, 1.165) is 4.57 Å². The second-order valence-electron chi connectivity index (χ2n) is 3.64. The molecule has 94 valence electrons. The van der Waals surface area contributed by atoms with Crippen molar-refractivity contribution in [3.63, 3.8) is 0 Å². The van der Waals surface area contributed by atoms with Gasteiger partial charge in [-0.2, -0.15) is 0 Å². The summed E-state index contributed by atoms with van der Waals surface area (Å²) in [5.74, 6) is -0.429. The van der Waals surface area contributed by atoms with Crippen LogP contribution in [0.15, 0.2) is 27.8 Å². The van der Waals surface area contributed by atoms with Gasteiger partial charge in [-0.3, -0.25) is 9.78 Å². The largest absolute Gasteiger partial charge is 0.494 e. The molecular formula is C11H8Cl2N2O3. The Morgan fingerprint density at radius 1 is 1.22 bits per heavy atom. The average molecular weight is 287 g/mol. The van der Waals surface area contributed by atoms with E-state index >= 15 is 0 Å². The lowest BCUT2D eigenvalue weighted by atomic mass is 10.3. The minimum absolute atomic E-state index is 0.0423. The van der Waals surface area contributed by atoms with Crippen molar-refractivity contribution < 1.29 is 5.11 Å². The molecule has 2 rings (SSSR count). The predicted octanol–water partition coefficient (Wildman–Crippen LogP) is 1.85. The van der Waals surface area contributed by atoms with Crippen molar-refractivity contribution in [3.8, 4) is 11.6 Å². The summed E-state index contributed by atoms with van der Waals surface area (Å²) in [6.07, 6.45) is 0. The smallest absolute Gasteiger partial charge is 0.335 e. The Balaban J connectivity index is 2.79. The standard InChI is InChI=1S/C11H8Cl2N2O3/c1-5-9(16)14-11(18)15(10(5)17)6-2-3-7(12)8(13)4-6/h2-4,17H,1H3,(H,14,16,18). The zero-order valence-electron chi connectivity index (χ0n) is 9.20. The van der Waals surface area contributed by atoms with Crippen LogP contribution in [0.1, 0.15) is 5.56 Å². The number of nitrogens with one attached hydrogen (secondary N) is 1. The number of aromatic nitrogens is 2. The molecule has 0 bridgehead atoms. The van der Waals surface area contributed by atoms with Gasteiger partial charge in [0.1, 0.15) is 0 Å². The van der Waals surface area contributed by atoms with E-state index in [1.165, 1.54) is 25.1 Å². The Kier molecular flexibility index (Phi) is 3.19. The number of aromatic hydroxyl groups is 1. The summed E-state index contributed by atoms with van der Waals surface area (Å²) in [7, 11) is 0. The summed E-state index contributed by atoms with van der Waals surface area (Å²) in [4.78, 5) is 25.1. The molecule has 0 aliphatic rings. The van der Waals surface area contributed by atoms with Crippen LogP contribution < -0.4 is 11.2 Å². The van der Waals surface area contributed by atoms with Gasteiger partial charge in [-0.25, -0.2) is 9.36 Å². The van der Waals surface area contributed by atoms with Gasteiger partial charge in [0.2, 0.25) is 5.88 Å². The van der Waals surface area contributed by atoms with E-state index in [0.29, 0.717) is 10.7 Å². The van der Waals surface area contributed by atoms with Gasteiger partial charge >= 0.3 is 5.69 Å². The highest BCUT2D eigenvalue weighted by Crippen LogP contribution is 2.25. The molecule has 2 aromatic rings. The van der Waals surface area contributed by atoms with E-state index in [-0.39, 0.29) is 10.6 Å². The van der Waals surface area contributed by atoms with Crippen molar-refractivity contribution >= 4 is 23.2 Å². The van der Waals surface area contributed by atoms with Gasteiger partial charge in [0, 0.05) is 0 Å². The van der Waals surface area contributed by atoms with Gasteiger partial charge in [0.05, 0.1) is 21.3 Å². The van der Waals surface area contributed by atoms with Crippen LogP contribution in [-0.4, -0.2) is 14.7 Å². The predicted molar refractivity (Wildman–Crippen MR) is 69.1 cm³/mol. The summed E-state index contributed by atoms with van der Waals surface area (Å²) in [6, 6.07) is 4.42. The fraction of sp³-hybridized carbons (Fsp3) is 0.0909. The van der Waals surface area contributed by atoms with E-state index < -0.39 is 17.1 Å². The molecule has 0 radical (unpaired) electrons. The molecule has 7 heteroatoms. The van der Waals surface area contributed by atoms with Gasteiger partial charge < -0.3 is 5.11 Å². The van der Waals surface area contributed by atoms with E-state index in [2.05, 4.69) is 4.98 Å².